The second-order valence-corrected chi connectivity index (χ2v) is 9.62. The number of aryl methyl sites for hydroxylation is 2. The van der Waals surface area contributed by atoms with E-state index in [9.17, 15) is 19.6 Å². The molecule has 0 bridgehead atoms. The van der Waals surface area contributed by atoms with Gasteiger partial charge in [0, 0.05) is 16.6 Å². The highest BCUT2D eigenvalue weighted by atomic mass is 32.1. The minimum atomic E-state index is -0.763. The summed E-state index contributed by atoms with van der Waals surface area (Å²) in [5.41, 5.74) is 8.65. The quantitative estimate of drug-likeness (QED) is 0.535. The number of carbonyl (C=O) groups excluding carboxylic acids is 2. The summed E-state index contributed by atoms with van der Waals surface area (Å²) in [4.78, 5) is 39.3. The van der Waals surface area contributed by atoms with E-state index in [4.69, 9.17) is 5.73 Å². The van der Waals surface area contributed by atoms with Gasteiger partial charge in [0.05, 0.1) is 30.2 Å². The van der Waals surface area contributed by atoms with Crippen LogP contribution in [0.25, 0.3) is 17.5 Å². The topological polar surface area (TPSA) is 127 Å². The third-order valence-electron chi connectivity index (χ3n) is 5.56. The number of nitrogens with two attached hydrogens (primary N) is 1. The molecule has 1 atom stereocenters. The van der Waals surface area contributed by atoms with Crippen molar-refractivity contribution < 1.29 is 14.3 Å². The highest BCUT2D eigenvalue weighted by molar-refractivity contribution is 7.10. The van der Waals surface area contributed by atoms with Crippen LogP contribution in [0.3, 0.4) is 0 Å². The molecule has 3 N–H and O–H groups in total. The molecule has 10 heteroatoms. The molecule has 0 fully saturated rings. The van der Waals surface area contributed by atoms with Crippen LogP contribution in [0.4, 0.5) is 5.69 Å². The lowest BCUT2D eigenvalue weighted by Gasteiger charge is -2.24. The van der Waals surface area contributed by atoms with Crippen LogP contribution in [0.2, 0.25) is 0 Å². The Morgan fingerprint density at radius 1 is 1.26 bits per heavy atom. The van der Waals surface area contributed by atoms with E-state index < -0.39 is 23.4 Å². The van der Waals surface area contributed by atoms with Crippen LogP contribution >= 0.6 is 22.7 Å². The van der Waals surface area contributed by atoms with E-state index in [1.807, 2.05) is 43.5 Å². The summed E-state index contributed by atoms with van der Waals surface area (Å²) in [5, 5.41) is 14.7. The van der Waals surface area contributed by atoms with E-state index in [1.54, 1.807) is 6.07 Å². The minimum absolute atomic E-state index is 0.0467. The first-order chi connectivity index (χ1) is 16.3. The molecular weight excluding hydrogens is 472 g/mol. The smallest absolute Gasteiger partial charge is 0.332 e. The van der Waals surface area contributed by atoms with Crippen LogP contribution < -0.4 is 25.8 Å². The first-order valence-electron chi connectivity index (χ1n) is 10.1. The zero-order valence-electron chi connectivity index (χ0n) is 18.5. The Labute approximate surface area is 202 Å². The summed E-state index contributed by atoms with van der Waals surface area (Å²) in [6, 6.07) is 11.3. The van der Waals surface area contributed by atoms with Crippen LogP contribution in [0.5, 0.6) is 0 Å². The van der Waals surface area contributed by atoms with Gasteiger partial charge in [0.1, 0.15) is 15.0 Å². The maximum Gasteiger partial charge on any atom is 0.332 e. The molecule has 0 spiro atoms. The molecule has 0 aliphatic carbocycles. The molecule has 2 aromatic heterocycles. The number of amides is 1. The Morgan fingerprint density at radius 2 is 2.03 bits per heavy atom. The lowest BCUT2D eigenvalue weighted by molar-refractivity contribution is -0.133. The van der Waals surface area contributed by atoms with E-state index in [1.165, 1.54) is 18.4 Å². The maximum atomic E-state index is 13.7. The van der Waals surface area contributed by atoms with Gasteiger partial charge in [-0.2, -0.15) is 5.26 Å². The number of thiophene rings is 1. The first kappa shape index (κ1) is 23.2. The van der Waals surface area contributed by atoms with E-state index in [0.29, 0.717) is 5.69 Å². The minimum Gasteiger partial charge on any atom is -0.466 e. The van der Waals surface area contributed by atoms with Gasteiger partial charge in [-0.3, -0.25) is 14.2 Å². The fourth-order valence-corrected chi connectivity index (χ4v) is 5.67. The van der Waals surface area contributed by atoms with Crippen LogP contribution in [0.1, 0.15) is 21.9 Å². The number of fused-ring (bicyclic) bond motifs is 1. The Kier molecular flexibility index (Phi) is 6.24. The van der Waals surface area contributed by atoms with Crippen LogP contribution in [0.15, 0.2) is 46.1 Å². The number of aromatic nitrogens is 1. The Balaban J connectivity index is 2.02. The van der Waals surface area contributed by atoms with Gasteiger partial charge in [-0.15, -0.1) is 22.7 Å². The molecule has 1 aliphatic rings. The van der Waals surface area contributed by atoms with Gasteiger partial charge in [-0.1, -0.05) is 12.1 Å². The molecule has 0 saturated carbocycles. The van der Waals surface area contributed by atoms with Crippen molar-refractivity contribution in [3.63, 3.8) is 0 Å². The summed E-state index contributed by atoms with van der Waals surface area (Å²) < 4.78 is 6.08. The summed E-state index contributed by atoms with van der Waals surface area (Å²) in [5.74, 6) is -2.01. The van der Waals surface area contributed by atoms with Crippen molar-refractivity contribution in [3.05, 3.63) is 76.8 Å². The molecule has 0 saturated heterocycles. The molecule has 3 heterocycles. The lowest BCUT2D eigenvalue weighted by atomic mass is 9.88. The highest BCUT2D eigenvalue weighted by Crippen LogP contribution is 2.38. The van der Waals surface area contributed by atoms with Gasteiger partial charge in [-0.05, 0) is 48.6 Å². The molecular formula is C24H20N4O4S2. The number of thiazole rings is 1. The maximum absolute atomic E-state index is 13.7. The van der Waals surface area contributed by atoms with Crippen LogP contribution in [-0.4, -0.2) is 23.6 Å². The van der Waals surface area contributed by atoms with Crippen molar-refractivity contribution in [3.8, 4) is 6.07 Å². The number of carbonyl (C=O) groups is 2. The van der Waals surface area contributed by atoms with Gasteiger partial charge in [-0.25, -0.2) is 4.79 Å². The second kappa shape index (κ2) is 9.13. The van der Waals surface area contributed by atoms with E-state index in [0.717, 1.165) is 38.0 Å². The number of nitriles is 1. The van der Waals surface area contributed by atoms with E-state index >= 15 is 0 Å². The van der Waals surface area contributed by atoms with Gasteiger partial charge in [0.25, 0.3) is 11.5 Å². The average molecular weight is 493 g/mol. The lowest BCUT2D eigenvalue weighted by Crippen LogP contribution is -2.40. The van der Waals surface area contributed by atoms with E-state index in [-0.39, 0.29) is 26.2 Å². The number of allylic oxidation sites excluding steroid dienone is 1. The molecule has 8 nitrogen and oxygen atoms in total. The van der Waals surface area contributed by atoms with Crippen molar-refractivity contribution >= 4 is 57.7 Å². The predicted molar refractivity (Wildman–Crippen MR) is 132 cm³/mol. The standard InChI is InChI=1S/C24H20N4O4S2/c1-12-6-7-14(9-13(12)2)27-22(30)20-19(16-5-4-8-33-16)15(11-25)21(26)28-23(31)17(34-24(20)28)10-18(29)32-3/h4-10,19H,26H2,1-3H3,(H,27,30)/b17-10-. The Hall–Kier alpha value is -3.94. The van der Waals surface area contributed by atoms with E-state index in [2.05, 4.69) is 16.1 Å². The molecule has 0 radical (unpaired) electrons. The highest BCUT2D eigenvalue weighted by Gasteiger charge is 2.36. The SMILES string of the molecule is COC(=O)/C=c1\sc2n(c1=O)C(N)=C(C#N)C(c1cccs1)C=2C(=O)Nc1ccc(C)c(C)c1. The number of nitrogens with one attached hydrogen (secondary N) is 1. The Morgan fingerprint density at radius 3 is 2.65 bits per heavy atom. The summed E-state index contributed by atoms with van der Waals surface area (Å²) in [7, 11) is 1.20. The number of nitrogens with zero attached hydrogens (tertiary/aromatic N) is 2. The number of methoxy groups -OCH3 is 1. The summed E-state index contributed by atoms with van der Waals surface area (Å²) in [6.45, 7) is 3.91. The largest absolute Gasteiger partial charge is 0.466 e. The van der Waals surface area contributed by atoms with Crippen LogP contribution in [0, 0.1) is 25.2 Å². The third kappa shape index (κ3) is 3.96. The molecule has 34 heavy (non-hydrogen) atoms. The molecule has 4 rings (SSSR count). The van der Waals surface area contributed by atoms with Gasteiger partial charge >= 0.3 is 5.97 Å². The zero-order chi connectivity index (χ0) is 24.6. The van der Waals surface area contributed by atoms with Gasteiger partial charge < -0.3 is 15.8 Å². The van der Waals surface area contributed by atoms with Crippen molar-refractivity contribution in [2.24, 2.45) is 5.73 Å². The number of rotatable bonds is 4. The Bertz CT molecular complexity index is 1570. The zero-order valence-corrected chi connectivity index (χ0v) is 20.2. The number of anilines is 1. The molecule has 1 unspecified atom stereocenters. The number of ether oxygens (including phenoxy) is 1. The van der Waals surface area contributed by atoms with Crippen molar-refractivity contribution in [1.29, 1.82) is 5.26 Å². The monoisotopic (exact) mass is 492 g/mol. The molecule has 1 amide bonds. The third-order valence-corrected chi connectivity index (χ3v) is 7.60. The fourth-order valence-electron chi connectivity index (χ4n) is 3.69. The number of benzene rings is 1. The second-order valence-electron chi connectivity index (χ2n) is 7.61. The molecule has 172 valence electrons. The number of esters is 1. The van der Waals surface area contributed by atoms with Crippen molar-refractivity contribution in [2.75, 3.05) is 12.4 Å². The summed E-state index contributed by atoms with van der Waals surface area (Å²) >= 11 is 2.33. The van der Waals surface area contributed by atoms with Crippen LogP contribution in [-0.2, 0) is 14.3 Å². The normalized spacial score (nSPS) is 15.6. The fraction of sp³-hybridized carbons (Fsp3) is 0.167. The van der Waals surface area contributed by atoms with Crippen molar-refractivity contribution in [1.82, 2.24) is 4.57 Å². The first-order valence-corrected chi connectivity index (χ1v) is 11.8. The van der Waals surface area contributed by atoms with Gasteiger partial charge in [0.2, 0.25) is 0 Å². The molecule has 1 aromatic carbocycles. The number of hydrogen-bond donors (Lipinski definition) is 2. The van der Waals surface area contributed by atoms with Gasteiger partial charge in [0.15, 0.2) is 0 Å². The molecule has 3 aromatic rings. The number of hydrogen-bond acceptors (Lipinski definition) is 8. The predicted octanol–water partition coefficient (Wildman–Crippen LogP) is 1.78. The average Bonchev–Trinajstić information content (AvgIpc) is 3.44. The van der Waals surface area contributed by atoms with Crippen molar-refractivity contribution in [2.45, 2.75) is 19.8 Å². The molecule has 1 aliphatic heterocycles. The summed E-state index contributed by atoms with van der Waals surface area (Å²) in [6.07, 6.45) is 1.05.